The first-order chi connectivity index (χ1) is 7.31. The smallest absolute Gasteiger partial charge is 0.138 e. The van der Waals surface area contributed by atoms with Gasteiger partial charge in [-0.05, 0) is 6.92 Å². The Morgan fingerprint density at radius 2 is 2.47 bits per heavy atom. The maximum atomic E-state index is 5.98. The quantitative estimate of drug-likeness (QED) is 0.812. The van der Waals surface area contributed by atoms with Gasteiger partial charge in [0.2, 0.25) is 0 Å². The number of nitrogens with zero attached hydrogens (tertiary/aromatic N) is 5. The zero-order valence-corrected chi connectivity index (χ0v) is 9.18. The Morgan fingerprint density at radius 3 is 3.13 bits per heavy atom. The Kier molecular flexibility index (Phi) is 3.02. The van der Waals surface area contributed by atoms with Gasteiger partial charge in [0.15, 0.2) is 0 Å². The minimum atomic E-state index is -0.154. The van der Waals surface area contributed by atoms with Crippen molar-refractivity contribution in [1.82, 2.24) is 23.5 Å². The van der Waals surface area contributed by atoms with Crippen LogP contribution in [-0.4, -0.2) is 23.5 Å². The fourth-order valence-corrected chi connectivity index (χ4v) is 1.83. The van der Waals surface area contributed by atoms with Crippen molar-refractivity contribution in [3.63, 3.8) is 0 Å². The van der Waals surface area contributed by atoms with Crippen LogP contribution in [0.25, 0.3) is 0 Å². The average Bonchev–Trinajstić information content (AvgIpc) is 2.87. The van der Waals surface area contributed by atoms with Crippen molar-refractivity contribution >= 4 is 11.7 Å². The van der Waals surface area contributed by atoms with Crippen LogP contribution in [0.1, 0.15) is 24.5 Å². The molecule has 0 aliphatic carbocycles. The number of hydrogen-bond donors (Lipinski definition) is 1. The summed E-state index contributed by atoms with van der Waals surface area (Å²) in [4.78, 5) is 4.16. The minimum Gasteiger partial charge on any atom is -0.322 e. The molecule has 2 heterocycles. The first-order valence-electron chi connectivity index (χ1n) is 4.71. The third-order valence-corrected chi connectivity index (χ3v) is 2.65. The summed E-state index contributed by atoms with van der Waals surface area (Å²) >= 11 is 1.17. The topological polar surface area (TPSA) is 82.5 Å². The predicted molar refractivity (Wildman–Crippen MR) is 56.2 cm³/mol. The highest BCUT2D eigenvalue weighted by atomic mass is 32.1. The number of rotatable bonds is 4. The molecule has 2 aromatic rings. The number of aromatic nitrogens is 5. The molecule has 0 aromatic carbocycles. The third-order valence-electron chi connectivity index (χ3n) is 2.16. The summed E-state index contributed by atoms with van der Waals surface area (Å²) in [6.07, 6.45) is 3.88. The largest absolute Gasteiger partial charge is 0.322 e. The molecule has 0 saturated carbocycles. The lowest BCUT2D eigenvalue weighted by Gasteiger charge is -2.07. The molecule has 0 radical (unpaired) electrons. The molecule has 2 aromatic heterocycles. The van der Waals surface area contributed by atoms with Gasteiger partial charge < -0.3 is 5.73 Å². The molecule has 1 atom stereocenters. The lowest BCUT2D eigenvalue weighted by atomic mass is 10.1. The maximum absolute atomic E-state index is 5.98. The van der Waals surface area contributed by atoms with Crippen molar-refractivity contribution in [2.24, 2.45) is 5.73 Å². The van der Waals surface area contributed by atoms with Gasteiger partial charge in [0.25, 0.3) is 0 Å². The summed E-state index contributed by atoms with van der Waals surface area (Å²) in [5.41, 5.74) is 6.79. The molecule has 0 aliphatic heterocycles. The van der Waals surface area contributed by atoms with Gasteiger partial charge in [0.05, 0.1) is 29.7 Å². The summed E-state index contributed by atoms with van der Waals surface area (Å²) < 4.78 is 9.86. The average molecular weight is 224 g/mol. The van der Waals surface area contributed by atoms with E-state index in [0.29, 0.717) is 6.42 Å². The molecule has 0 aliphatic rings. The van der Waals surface area contributed by atoms with Crippen molar-refractivity contribution in [1.29, 1.82) is 0 Å². The molecule has 80 valence electrons. The van der Waals surface area contributed by atoms with Crippen molar-refractivity contribution in [3.05, 3.63) is 24.0 Å². The highest BCUT2D eigenvalue weighted by molar-refractivity contribution is 6.99. The second kappa shape index (κ2) is 4.45. The van der Waals surface area contributed by atoms with E-state index >= 15 is 0 Å². The van der Waals surface area contributed by atoms with E-state index < -0.39 is 0 Å². The van der Waals surface area contributed by atoms with Gasteiger partial charge in [0, 0.05) is 13.0 Å². The summed E-state index contributed by atoms with van der Waals surface area (Å²) in [6, 6.07) is -0.154. The van der Waals surface area contributed by atoms with Crippen molar-refractivity contribution in [2.75, 3.05) is 0 Å². The highest BCUT2D eigenvalue weighted by Gasteiger charge is 2.13. The van der Waals surface area contributed by atoms with Gasteiger partial charge in [-0.2, -0.15) is 13.8 Å². The molecule has 2 rings (SSSR count). The molecule has 7 heteroatoms. The molecule has 1 unspecified atom stereocenters. The first kappa shape index (κ1) is 10.2. The Labute approximate surface area is 91.5 Å². The molecule has 0 spiro atoms. The van der Waals surface area contributed by atoms with Crippen LogP contribution in [0, 0.1) is 0 Å². The lowest BCUT2D eigenvalue weighted by molar-refractivity contribution is 0.577. The van der Waals surface area contributed by atoms with E-state index in [1.165, 1.54) is 11.7 Å². The van der Waals surface area contributed by atoms with Crippen molar-refractivity contribution in [3.8, 4) is 0 Å². The normalized spacial score (nSPS) is 12.9. The standard InChI is InChI=1S/C8H12N6S/c1-2-14-8(10-5-11-14)3-6(9)7-4-12-15-13-7/h4-6H,2-3,9H2,1H3. The van der Waals surface area contributed by atoms with Crippen LogP contribution < -0.4 is 5.73 Å². The number of nitrogens with two attached hydrogens (primary N) is 1. The van der Waals surface area contributed by atoms with Gasteiger partial charge in [-0.15, -0.1) is 0 Å². The van der Waals surface area contributed by atoms with E-state index in [0.717, 1.165) is 18.1 Å². The second-order valence-electron chi connectivity index (χ2n) is 3.13. The third kappa shape index (κ3) is 2.18. The Morgan fingerprint density at radius 1 is 1.60 bits per heavy atom. The Hall–Kier alpha value is -1.34. The number of aryl methyl sites for hydroxylation is 1. The Balaban J connectivity index is 2.09. The molecule has 6 nitrogen and oxygen atoms in total. The molecule has 15 heavy (non-hydrogen) atoms. The number of hydrogen-bond acceptors (Lipinski definition) is 6. The summed E-state index contributed by atoms with van der Waals surface area (Å²) in [7, 11) is 0. The first-order valence-corrected chi connectivity index (χ1v) is 5.44. The SMILES string of the molecule is CCn1ncnc1CC(N)c1cnsn1. The van der Waals surface area contributed by atoms with Crippen LogP contribution in [0.15, 0.2) is 12.5 Å². The summed E-state index contributed by atoms with van der Waals surface area (Å²) in [5.74, 6) is 0.887. The minimum absolute atomic E-state index is 0.154. The van der Waals surface area contributed by atoms with E-state index in [4.69, 9.17) is 5.73 Å². The van der Waals surface area contributed by atoms with Crippen LogP contribution in [0.2, 0.25) is 0 Å². The van der Waals surface area contributed by atoms with Gasteiger partial charge >= 0.3 is 0 Å². The van der Waals surface area contributed by atoms with Gasteiger partial charge in [-0.3, -0.25) is 4.68 Å². The van der Waals surface area contributed by atoms with Crippen LogP contribution in [-0.2, 0) is 13.0 Å². The molecular weight excluding hydrogens is 212 g/mol. The van der Waals surface area contributed by atoms with Gasteiger partial charge in [-0.25, -0.2) is 4.98 Å². The van der Waals surface area contributed by atoms with Crippen LogP contribution in [0.4, 0.5) is 0 Å². The van der Waals surface area contributed by atoms with E-state index in [-0.39, 0.29) is 6.04 Å². The van der Waals surface area contributed by atoms with Gasteiger partial charge in [0.1, 0.15) is 12.2 Å². The highest BCUT2D eigenvalue weighted by Crippen LogP contribution is 2.12. The molecular formula is C8H12N6S. The van der Waals surface area contributed by atoms with E-state index in [9.17, 15) is 0 Å². The molecule has 0 bridgehead atoms. The zero-order chi connectivity index (χ0) is 10.7. The Bertz CT molecular complexity index is 408. The van der Waals surface area contributed by atoms with Gasteiger partial charge in [-0.1, -0.05) is 0 Å². The second-order valence-corrected chi connectivity index (χ2v) is 3.69. The van der Waals surface area contributed by atoms with E-state index in [1.807, 2.05) is 11.6 Å². The summed E-state index contributed by atoms with van der Waals surface area (Å²) in [6.45, 7) is 2.82. The lowest BCUT2D eigenvalue weighted by Crippen LogP contribution is -2.17. The van der Waals surface area contributed by atoms with E-state index in [1.54, 1.807) is 12.5 Å². The predicted octanol–water partition coefficient (Wildman–Crippen LogP) is 0.392. The zero-order valence-electron chi connectivity index (χ0n) is 8.37. The molecule has 0 saturated heterocycles. The van der Waals surface area contributed by atoms with Crippen LogP contribution in [0.3, 0.4) is 0 Å². The van der Waals surface area contributed by atoms with E-state index in [2.05, 4.69) is 18.8 Å². The fraction of sp³-hybridized carbons (Fsp3) is 0.500. The van der Waals surface area contributed by atoms with Crippen molar-refractivity contribution < 1.29 is 0 Å². The van der Waals surface area contributed by atoms with Crippen LogP contribution >= 0.6 is 11.7 Å². The molecule has 0 amide bonds. The summed E-state index contributed by atoms with van der Waals surface area (Å²) in [5, 5.41) is 4.09. The molecule has 0 fully saturated rings. The van der Waals surface area contributed by atoms with Crippen molar-refractivity contribution in [2.45, 2.75) is 25.9 Å². The fourth-order valence-electron chi connectivity index (χ4n) is 1.35. The maximum Gasteiger partial charge on any atom is 0.138 e. The molecule has 2 N–H and O–H groups in total. The van der Waals surface area contributed by atoms with Crippen LogP contribution in [0.5, 0.6) is 0 Å². The monoisotopic (exact) mass is 224 g/mol.